The van der Waals surface area contributed by atoms with E-state index in [-0.39, 0.29) is 41.2 Å². The molecule has 3 aliphatic rings. The molecule has 7 atom stereocenters. The van der Waals surface area contributed by atoms with Crippen molar-refractivity contribution in [3.8, 4) is 0 Å². The molecule has 0 spiro atoms. The molecule has 62 heavy (non-hydrogen) atoms. The topological polar surface area (TPSA) is 170 Å². The maximum Gasteiger partial charge on any atom is 0.349 e. The van der Waals surface area contributed by atoms with Gasteiger partial charge in [0.2, 0.25) is 17.4 Å². The van der Waals surface area contributed by atoms with Crippen LogP contribution < -0.4 is 27.8 Å². The van der Waals surface area contributed by atoms with Crippen LogP contribution in [0.1, 0.15) is 65.2 Å². The van der Waals surface area contributed by atoms with E-state index in [0.717, 1.165) is 33.8 Å². The lowest BCUT2D eigenvalue weighted by atomic mass is 9.81. The molecule has 12 nitrogen and oxygen atoms in total. The first-order valence-electron chi connectivity index (χ1n) is 20.8. The maximum atomic E-state index is 13.7. The first-order chi connectivity index (χ1) is 29.3. The Morgan fingerprint density at radius 1 is 0.919 bits per heavy atom. The fourth-order valence-electron chi connectivity index (χ4n) is 9.31. The van der Waals surface area contributed by atoms with Gasteiger partial charge in [-0.2, -0.15) is 0 Å². The number of thiophene rings is 2. The molecule has 330 valence electrons. The van der Waals surface area contributed by atoms with Gasteiger partial charge in [-0.3, -0.25) is 19.6 Å². The number of hydroxylamine groups is 1. The lowest BCUT2D eigenvalue weighted by Gasteiger charge is -2.45. The van der Waals surface area contributed by atoms with Crippen LogP contribution in [0.4, 0.5) is 0 Å². The number of para-hydroxylation sites is 1. The minimum absolute atomic E-state index is 0. The molecule has 2 aromatic carbocycles. The van der Waals surface area contributed by atoms with Gasteiger partial charge in [-0.1, -0.05) is 80.6 Å². The Kier molecular flexibility index (Phi) is 15.1. The number of nitrogens with one attached hydrogen (secondary N) is 3. The highest BCUT2D eigenvalue weighted by atomic mass is 79.9. The van der Waals surface area contributed by atoms with Crippen LogP contribution in [0.25, 0.3) is 10.9 Å². The van der Waals surface area contributed by atoms with Crippen LogP contribution in [0.5, 0.6) is 0 Å². The van der Waals surface area contributed by atoms with Crippen LogP contribution in [-0.2, 0) is 35.9 Å². The van der Waals surface area contributed by atoms with Crippen LogP contribution in [0.2, 0.25) is 0 Å². The standard InChI is InChI=1S/C28H33N3O4.C19H22NO4S2.BrH/c1-4-10-21(28(34)31-35)22(15-18(2)3)27(33)30-25(16-19-11-6-5-7-12-19)26(32)23-17-29-24-14-9-8-13-20(23)24;1-20(2)12-9-11(10-13(20)17-16(12)24-17)23-18(21)19(22,14-5-3-7-25-14)15-6-4-8-26-15;/h4-9,11-14,17-18,21-22,25,29,35H,1,10,15-16H2,2-3H3,(H,30,33)(H,31,34);3-8,11-13,16-17,22H,9-10H2,1-2H3;1H/q;+1;/p-1/t21-,22+,25-;;/m0../s1. The molecule has 5 N–H and O–H groups in total. The number of ketones is 1. The Morgan fingerprint density at radius 2 is 1.53 bits per heavy atom. The number of carbonyl (C=O) groups is 4. The fourth-order valence-corrected chi connectivity index (χ4v) is 11.0. The number of amides is 2. The number of nitrogens with zero attached hydrogens (tertiary/aromatic N) is 1. The van der Waals surface area contributed by atoms with Gasteiger partial charge in [0, 0.05) is 41.9 Å². The fraction of sp³-hybridized carbons (Fsp3) is 0.404. The molecule has 5 aromatic rings. The van der Waals surface area contributed by atoms with Crippen molar-refractivity contribution in [2.45, 2.75) is 88.0 Å². The van der Waals surface area contributed by atoms with Gasteiger partial charge in [-0.05, 0) is 53.3 Å². The number of morpholine rings is 1. The first kappa shape index (κ1) is 47.0. The van der Waals surface area contributed by atoms with Gasteiger partial charge >= 0.3 is 5.97 Å². The zero-order valence-electron chi connectivity index (χ0n) is 35.2. The summed E-state index contributed by atoms with van der Waals surface area (Å²) in [6.45, 7) is 7.61. The Bertz CT molecular complexity index is 2260. The quantitative estimate of drug-likeness (QED) is 0.0190. The number of hydrogen-bond donors (Lipinski definition) is 5. The van der Waals surface area contributed by atoms with Crippen molar-refractivity contribution in [3.63, 3.8) is 0 Å². The number of likely N-dealkylation sites (N-methyl/N-ethyl adjacent to an activating group) is 1. The number of H-pyrrole nitrogens is 1. The van der Waals surface area contributed by atoms with Crippen molar-refractivity contribution in [1.82, 2.24) is 15.8 Å². The lowest BCUT2D eigenvalue weighted by Crippen LogP contribution is -3.00. The molecule has 4 unspecified atom stereocenters. The number of Topliss-reactive ketones (excluding diaryl/α,β-unsaturated/α-hetero) is 1. The van der Waals surface area contributed by atoms with E-state index < -0.39 is 41.3 Å². The van der Waals surface area contributed by atoms with Crippen molar-refractivity contribution >= 4 is 57.1 Å². The molecule has 2 amide bonds. The van der Waals surface area contributed by atoms with Crippen molar-refractivity contribution in [2.75, 3.05) is 14.1 Å². The first-order valence-corrected chi connectivity index (χ1v) is 22.5. The molecule has 15 heteroatoms. The molecule has 3 aliphatic heterocycles. The number of ether oxygens (including phenoxy) is 2. The third-order valence-corrected chi connectivity index (χ3v) is 14.5. The van der Waals surface area contributed by atoms with E-state index in [1.54, 1.807) is 29.9 Å². The number of benzene rings is 2. The number of piperidine rings is 1. The summed E-state index contributed by atoms with van der Waals surface area (Å²) in [5.41, 5.74) is 2.20. The normalized spacial score (nSPS) is 22.1. The number of aliphatic hydroxyl groups is 1. The second-order valence-electron chi connectivity index (χ2n) is 17.2. The van der Waals surface area contributed by atoms with E-state index in [1.165, 1.54) is 22.7 Å². The summed E-state index contributed by atoms with van der Waals surface area (Å²) in [4.78, 5) is 57.2. The largest absolute Gasteiger partial charge is 1.00 e. The van der Waals surface area contributed by atoms with Crippen LogP contribution in [0, 0.1) is 17.8 Å². The van der Waals surface area contributed by atoms with Crippen LogP contribution in [-0.4, -0.2) is 93.9 Å². The lowest BCUT2D eigenvalue weighted by molar-refractivity contribution is -0.938. The molecule has 0 radical (unpaired) electrons. The number of allylic oxidation sites excluding steroid dienone is 1. The van der Waals surface area contributed by atoms with E-state index in [2.05, 4.69) is 31.0 Å². The Hall–Kier alpha value is -4.48. The van der Waals surface area contributed by atoms with Gasteiger partial charge in [0.25, 0.3) is 0 Å². The molecule has 2 bridgehead atoms. The molecule has 0 saturated carbocycles. The SMILES string of the molecule is C=CC[C@H](C(=O)NO)[C@@H](CC(C)C)C(=O)N[C@@H](Cc1ccccc1)C(=O)c1c[nH]c2ccccc12.C[N+]1(C)C2CC(OC(=O)C(O)(c3cccs3)c3cccs3)CC1C1OC12.[Br-]. The zero-order chi connectivity index (χ0) is 43.5. The minimum Gasteiger partial charge on any atom is -1.00 e. The zero-order valence-corrected chi connectivity index (χ0v) is 38.5. The molecule has 3 fully saturated rings. The van der Waals surface area contributed by atoms with Gasteiger partial charge < -0.3 is 46.3 Å². The highest BCUT2D eigenvalue weighted by molar-refractivity contribution is 7.12. The van der Waals surface area contributed by atoms with Gasteiger partial charge in [0.1, 0.15) is 30.4 Å². The second kappa shape index (κ2) is 19.9. The summed E-state index contributed by atoms with van der Waals surface area (Å²) < 4.78 is 12.6. The highest BCUT2D eigenvalue weighted by Gasteiger charge is 2.71. The van der Waals surface area contributed by atoms with E-state index in [0.29, 0.717) is 52.5 Å². The summed E-state index contributed by atoms with van der Waals surface area (Å²) in [6, 6.07) is 24.2. The van der Waals surface area contributed by atoms with Crippen LogP contribution in [0.3, 0.4) is 0 Å². The summed E-state index contributed by atoms with van der Waals surface area (Å²) in [5.74, 6) is -3.25. The number of epoxide rings is 1. The number of esters is 1. The minimum atomic E-state index is -1.72. The number of aromatic nitrogens is 1. The number of quaternary nitrogens is 1. The number of fused-ring (bicyclic) bond motifs is 6. The van der Waals surface area contributed by atoms with Gasteiger partial charge in [0.15, 0.2) is 5.78 Å². The molecular formula is C47H55BrN4O8S2. The second-order valence-corrected chi connectivity index (χ2v) is 19.1. The highest BCUT2D eigenvalue weighted by Crippen LogP contribution is 2.52. The number of aromatic amines is 1. The average molecular weight is 948 g/mol. The van der Waals surface area contributed by atoms with E-state index in [9.17, 15) is 29.5 Å². The third-order valence-electron chi connectivity index (χ3n) is 12.5. The van der Waals surface area contributed by atoms with Crippen molar-refractivity contribution < 1.29 is 60.4 Å². The molecule has 0 aliphatic carbocycles. The van der Waals surface area contributed by atoms with Gasteiger partial charge in [0.05, 0.1) is 41.7 Å². The predicted molar refractivity (Wildman–Crippen MR) is 235 cm³/mol. The van der Waals surface area contributed by atoms with E-state index in [1.807, 2.05) is 91.3 Å². The summed E-state index contributed by atoms with van der Waals surface area (Å²) >= 11 is 2.74. The Balaban J connectivity index is 0.000000211. The van der Waals surface area contributed by atoms with Crippen molar-refractivity contribution in [3.05, 3.63) is 129 Å². The number of halogens is 1. The molecular weight excluding hydrogens is 893 g/mol. The predicted octanol–water partition coefficient (Wildman–Crippen LogP) is 3.79. The van der Waals surface area contributed by atoms with Gasteiger partial charge in [-0.15, -0.1) is 29.3 Å². The Morgan fingerprint density at radius 3 is 2.10 bits per heavy atom. The average Bonchev–Trinajstić information content (AvgIpc) is 3.68. The maximum absolute atomic E-state index is 13.7. The smallest absolute Gasteiger partial charge is 0.349 e. The van der Waals surface area contributed by atoms with Crippen LogP contribution in [0.15, 0.2) is 108 Å². The summed E-state index contributed by atoms with van der Waals surface area (Å²) in [7, 11) is 4.49. The third kappa shape index (κ3) is 9.69. The number of carbonyl (C=O) groups excluding carboxylic acids is 4. The number of hydrogen-bond acceptors (Lipinski definition) is 10. The number of rotatable bonds is 16. The Labute approximate surface area is 380 Å². The monoisotopic (exact) mass is 946 g/mol. The van der Waals surface area contributed by atoms with Gasteiger partial charge in [-0.25, -0.2) is 10.3 Å². The molecule has 8 rings (SSSR count). The van der Waals surface area contributed by atoms with E-state index >= 15 is 0 Å². The molecule has 3 saturated heterocycles. The van der Waals surface area contributed by atoms with Crippen LogP contribution >= 0.6 is 22.7 Å². The van der Waals surface area contributed by atoms with E-state index in [4.69, 9.17) is 9.47 Å². The summed E-state index contributed by atoms with van der Waals surface area (Å²) in [6.07, 6.45) is 6.21. The molecule has 6 heterocycles. The molecule has 3 aromatic heterocycles. The summed E-state index contributed by atoms with van der Waals surface area (Å²) in [5, 5.41) is 28.1. The van der Waals surface area contributed by atoms with Crippen molar-refractivity contribution in [1.29, 1.82) is 0 Å². The van der Waals surface area contributed by atoms with Crippen molar-refractivity contribution in [2.24, 2.45) is 17.8 Å².